The summed E-state index contributed by atoms with van der Waals surface area (Å²) in [5.74, 6) is -0.997. The monoisotopic (exact) mass is 192 g/mol. The second kappa shape index (κ2) is 3.62. The molecule has 14 heavy (non-hydrogen) atoms. The summed E-state index contributed by atoms with van der Waals surface area (Å²) in [6.45, 7) is 4.97. The van der Waals surface area contributed by atoms with E-state index in [-0.39, 0.29) is 11.3 Å². The molecule has 74 valence electrons. The van der Waals surface area contributed by atoms with E-state index >= 15 is 0 Å². The van der Waals surface area contributed by atoms with Gasteiger partial charge < -0.3 is 5.11 Å². The first-order valence-corrected chi connectivity index (χ1v) is 4.29. The van der Waals surface area contributed by atoms with Crippen LogP contribution >= 0.6 is 0 Å². The standard InChI is InChI=1S/C11H12O3/c1-6-4-9(11(13)14)5-7(2)10(6)8(3)12/h4-5H,1-3H3,(H,13,14). The third kappa shape index (κ3) is 1.82. The average molecular weight is 192 g/mol. The van der Waals surface area contributed by atoms with Gasteiger partial charge in [-0.3, -0.25) is 4.79 Å². The van der Waals surface area contributed by atoms with Crippen LogP contribution in [0.4, 0.5) is 0 Å². The van der Waals surface area contributed by atoms with Crippen molar-refractivity contribution in [3.63, 3.8) is 0 Å². The van der Waals surface area contributed by atoms with Crippen LogP contribution in [0.1, 0.15) is 38.8 Å². The number of ketones is 1. The molecule has 0 amide bonds. The molecule has 1 aromatic carbocycles. The number of carbonyl (C=O) groups excluding carboxylic acids is 1. The molecule has 0 aromatic heterocycles. The van der Waals surface area contributed by atoms with E-state index in [1.54, 1.807) is 13.8 Å². The summed E-state index contributed by atoms with van der Waals surface area (Å²) < 4.78 is 0. The lowest BCUT2D eigenvalue weighted by Gasteiger charge is -2.07. The third-order valence-corrected chi connectivity index (χ3v) is 2.13. The Hall–Kier alpha value is -1.64. The maximum atomic E-state index is 11.2. The minimum absolute atomic E-state index is 0.0306. The molecule has 0 bridgehead atoms. The first kappa shape index (κ1) is 10.4. The van der Waals surface area contributed by atoms with E-state index in [1.165, 1.54) is 19.1 Å². The minimum atomic E-state index is -0.966. The van der Waals surface area contributed by atoms with Crippen molar-refractivity contribution < 1.29 is 14.7 Å². The number of Topliss-reactive ketones (excluding diaryl/α,β-unsaturated/α-hetero) is 1. The Labute approximate surface area is 82.4 Å². The van der Waals surface area contributed by atoms with Crippen LogP contribution in [0.3, 0.4) is 0 Å². The van der Waals surface area contributed by atoms with E-state index < -0.39 is 5.97 Å². The van der Waals surface area contributed by atoms with E-state index in [2.05, 4.69) is 0 Å². The zero-order chi connectivity index (χ0) is 10.9. The van der Waals surface area contributed by atoms with Gasteiger partial charge in [0.25, 0.3) is 0 Å². The van der Waals surface area contributed by atoms with Gasteiger partial charge in [0, 0.05) is 5.56 Å². The largest absolute Gasteiger partial charge is 0.478 e. The first-order valence-electron chi connectivity index (χ1n) is 4.29. The number of carboxylic acids is 1. The summed E-state index contributed by atoms with van der Waals surface area (Å²) in [4.78, 5) is 21.9. The fraction of sp³-hybridized carbons (Fsp3) is 0.273. The lowest BCUT2D eigenvalue weighted by atomic mass is 9.97. The molecule has 3 heteroatoms. The molecule has 0 saturated heterocycles. The van der Waals surface area contributed by atoms with Gasteiger partial charge in [0.1, 0.15) is 0 Å². The Kier molecular flexibility index (Phi) is 2.70. The highest BCUT2D eigenvalue weighted by Crippen LogP contribution is 2.17. The van der Waals surface area contributed by atoms with Crippen LogP contribution in [-0.4, -0.2) is 16.9 Å². The predicted octanol–water partition coefficient (Wildman–Crippen LogP) is 2.20. The lowest BCUT2D eigenvalue weighted by Crippen LogP contribution is -2.04. The van der Waals surface area contributed by atoms with Crippen LogP contribution in [0.2, 0.25) is 0 Å². The molecule has 0 saturated carbocycles. The maximum Gasteiger partial charge on any atom is 0.335 e. The predicted molar refractivity (Wildman–Crippen MR) is 52.9 cm³/mol. The van der Waals surface area contributed by atoms with E-state index in [0.29, 0.717) is 5.56 Å². The molecule has 0 aliphatic rings. The van der Waals surface area contributed by atoms with Crippen molar-refractivity contribution in [1.82, 2.24) is 0 Å². The van der Waals surface area contributed by atoms with Crippen LogP contribution in [0.25, 0.3) is 0 Å². The van der Waals surface area contributed by atoms with Crippen molar-refractivity contribution in [3.05, 3.63) is 34.4 Å². The summed E-state index contributed by atoms with van der Waals surface area (Å²) in [5.41, 5.74) is 2.28. The van der Waals surface area contributed by atoms with Crippen molar-refractivity contribution in [2.24, 2.45) is 0 Å². The van der Waals surface area contributed by atoms with Gasteiger partial charge in [-0.1, -0.05) is 0 Å². The van der Waals surface area contributed by atoms with Crippen molar-refractivity contribution in [1.29, 1.82) is 0 Å². The van der Waals surface area contributed by atoms with Crippen molar-refractivity contribution >= 4 is 11.8 Å². The summed E-state index contributed by atoms with van der Waals surface area (Å²) >= 11 is 0. The van der Waals surface area contributed by atoms with Gasteiger partial charge in [0.2, 0.25) is 0 Å². The average Bonchev–Trinajstić information content (AvgIpc) is 2.01. The van der Waals surface area contributed by atoms with Gasteiger partial charge in [0.15, 0.2) is 5.78 Å². The first-order chi connectivity index (χ1) is 6.43. The van der Waals surface area contributed by atoms with Crippen molar-refractivity contribution in [2.75, 3.05) is 0 Å². The fourth-order valence-corrected chi connectivity index (χ4v) is 1.64. The Morgan fingerprint density at radius 1 is 1.14 bits per heavy atom. The van der Waals surface area contributed by atoms with Gasteiger partial charge in [-0.05, 0) is 44.0 Å². The zero-order valence-electron chi connectivity index (χ0n) is 8.42. The molecule has 0 radical (unpaired) electrons. The van der Waals surface area contributed by atoms with E-state index in [0.717, 1.165) is 11.1 Å². The molecule has 0 heterocycles. The number of rotatable bonds is 2. The van der Waals surface area contributed by atoms with Crippen LogP contribution in [0, 0.1) is 13.8 Å². The summed E-state index contributed by atoms with van der Waals surface area (Å²) in [5, 5.41) is 8.78. The molecule has 0 atom stereocenters. The van der Waals surface area contributed by atoms with Crippen LogP contribution in [0.15, 0.2) is 12.1 Å². The molecular weight excluding hydrogens is 180 g/mol. The van der Waals surface area contributed by atoms with Crippen LogP contribution in [-0.2, 0) is 0 Å². The number of aryl methyl sites for hydroxylation is 2. The Morgan fingerprint density at radius 3 is 1.86 bits per heavy atom. The smallest absolute Gasteiger partial charge is 0.335 e. The van der Waals surface area contributed by atoms with Crippen molar-refractivity contribution in [2.45, 2.75) is 20.8 Å². The topological polar surface area (TPSA) is 54.4 Å². The Morgan fingerprint density at radius 2 is 1.57 bits per heavy atom. The lowest BCUT2D eigenvalue weighted by molar-refractivity contribution is 0.0696. The van der Waals surface area contributed by atoms with Gasteiger partial charge in [-0.15, -0.1) is 0 Å². The number of benzene rings is 1. The maximum absolute atomic E-state index is 11.2. The molecular formula is C11H12O3. The zero-order valence-corrected chi connectivity index (χ0v) is 8.42. The molecule has 0 fully saturated rings. The van der Waals surface area contributed by atoms with E-state index in [9.17, 15) is 9.59 Å². The summed E-state index contributed by atoms with van der Waals surface area (Å²) in [7, 11) is 0. The summed E-state index contributed by atoms with van der Waals surface area (Å²) in [6, 6.07) is 3.04. The van der Waals surface area contributed by atoms with Crippen LogP contribution < -0.4 is 0 Å². The van der Waals surface area contributed by atoms with Crippen molar-refractivity contribution in [3.8, 4) is 0 Å². The number of hydrogen-bond acceptors (Lipinski definition) is 2. The summed E-state index contributed by atoms with van der Waals surface area (Å²) in [6.07, 6.45) is 0. The molecule has 1 N–H and O–H groups in total. The van der Waals surface area contributed by atoms with E-state index in [4.69, 9.17) is 5.11 Å². The number of carbonyl (C=O) groups is 2. The molecule has 1 rings (SSSR count). The molecule has 0 spiro atoms. The fourth-order valence-electron chi connectivity index (χ4n) is 1.64. The number of hydrogen-bond donors (Lipinski definition) is 1. The SMILES string of the molecule is CC(=O)c1c(C)cc(C(=O)O)cc1C. The molecule has 0 aliphatic carbocycles. The van der Waals surface area contributed by atoms with E-state index in [1.807, 2.05) is 0 Å². The second-order valence-corrected chi connectivity index (χ2v) is 3.35. The quantitative estimate of drug-likeness (QED) is 0.731. The highest BCUT2D eigenvalue weighted by molar-refractivity contribution is 5.98. The molecule has 0 aliphatic heterocycles. The minimum Gasteiger partial charge on any atom is -0.478 e. The highest BCUT2D eigenvalue weighted by Gasteiger charge is 2.11. The Balaban J connectivity index is 3.39. The number of carboxylic acid groups (broad SMARTS) is 1. The van der Waals surface area contributed by atoms with Gasteiger partial charge in [0.05, 0.1) is 5.56 Å². The highest BCUT2D eigenvalue weighted by atomic mass is 16.4. The third-order valence-electron chi connectivity index (χ3n) is 2.13. The van der Waals surface area contributed by atoms with Gasteiger partial charge in [-0.2, -0.15) is 0 Å². The molecule has 3 nitrogen and oxygen atoms in total. The Bertz CT molecular complexity index is 382. The van der Waals surface area contributed by atoms with Gasteiger partial charge >= 0.3 is 5.97 Å². The normalized spacial score (nSPS) is 9.93. The molecule has 0 unspecified atom stereocenters. The second-order valence-electron chi connectivity index (χ2n) is 3.35. The van der Waals surface area contributed by atoms with Gasteiger partial charge in [-0.25, -0.2) is 4.79 Å². The van der Waals surface area contributed by atoms with Crippen LogP contribution in [0.5, 0.6) is 0 Å². The number of aromatic carboxylic acids is 1. The molecule has 1 aromatic rings.